The zero-order valence-electron chi connectivity index (χ0n) is 14.0. The van der Waals surface area contributed by atoms with E-state index in [0.717, 1.165) is 23.8 Å². The lowest BCUT2D eigenvalue weighted by molar-refractivity contribution is 0.171. The van der Waals surface area contributed by atoms with E-state index >= 15 is 0 Å². The minimum atomic E-state index is 0.745. The fourth-order valence-electron chi connectivity index (χ4n) is 4.14. The van der Waals surface area contributed by atoms with E-state index < -0.39 is 0 Å². The van der Waals surface area contributed by atoms with Crippen molar-refractivity contribution in [2.24, 2.45) is 17.8 Å². The fourth-order valence-corrected chi connectivity index (χ4v) is 4.14. The van der Waals surface area contributed by atoms with Gasteiger partial charge in [0.25, 0.3) is 0 Å². The molecule has 1 saturated carbocycles. The van der Waals surface area contributed by atoms with E-state index in [9.17, 15) is 0 Å². The van der Waals surface area contributed by atoms with E-state index in [1.807, 2.05) is 0 Å². The van der Waals surface area contributed by atoms with Crippen molar-refractivity contribution in [3.8, 4) is 0 Å². The molecule has 0 aromatic heterocycles. The first-order valence-corrected chi connectivity index (χ1v) is 9.13. The highest BCUT2D eigenvalue weighted by Gasteiger charge is 2.21. The summed E-state index contributed by atoms with van der Waals surface area (Å²) in [6.07, 6.45) is 9.99. The minimum Gasteiger partial charge on any atom is -0.314 e. The van der Waals surface area contributed by atoms with Crippen LogP contribution in [0.1, 0.15) is 65.7 Å². The van der Waals surface area contributed by atoms with Gasteiger partial charge in [0.1, 0.15) is 0 Å². The average Bonchev–Trinajstić information content (AvgIpc) is 2.42. The van der Waals surface area contributed by atoms with Crippen LogP contribution in [0.2, 0.25) is 0 Å². The molecule has 1 aliphatic heterocycles. The van der Waals surface area contributed by atoms with Crippen molar-refractivity contribution >= 4 is 0 Å². The molecule has 4 unspecified atom stereocenters. The maximum Gasteiger partial charge on any atom is 0.00767 e. The van der Waals surface area contributed by atoms with Gasteiger partial charge in [0.05, 0.1) is 0 Å². The van der Waals surface area contributed by atoms with E-state index in [1.165, 1.54) is 71.1 Å². The van der Waals surface area contributed by atoms with Gasteiger partial charge in [-0.05, 0) is 63.1 Å². The maximum atomic E-state index is 3.73. The Bertz CT molecular complexity index is 266. The van der Waals surface area contributed by atoms with E-state index in [0.29, 0.717) is 0 Å². The van der Waals surface area contributed by atoms with Gasteiger partial charge in [0.2, 0.25) is 0 Å². The van der Waals surface area contributed by atoms with Gasteiger partial charge in [-0.1, -0.05) is 40.0 Å². The van der Waals surface area contributed by atoms with Crippen LogP contribution in [0.5, 0.6) is 0 Å². The van der Waals surface area contributed by atoms with E-state index in [4.69, 9.17) is 0 Å². The Kier molecular flexibility index (Phi) is 6.83. The molecule has 118 valence electrons. The van der Waals surface area contributed by atoms with Crippen molar-refractivity contribution in [1.29, 1.82) is 0 Å². The Balaban J connectivity index is 1.75. The highest BCUT2D eigenvalue weighted by molar-refractivity contribution is 4.77. The second-order valence-corrected chi connectivity index (χ2v) is 7.63. The number of nitrogens with one attached hydrogen (secondary N) is 1. The minimum absolute atomic E-state index is 0.745. The third kappa shape index (κ3) is 5.37. The molecule has 1 N–H and O–H groups in total. The van der Waals surface area contributed by atoms with Crippen molar-refractivity contribution in [3.05, 3.63) is 0 Å². The summed E-state index contributed by atoms with van der Waals surface area (Å²) in [5, 5.41) is 3.73. The Hall–Kier alpha value is -0.0800. The number of hydrogen-bond donors (Lipinski definition) is 1. The van der Waals surface area contributed by atoms with Gasteiger partial charge in [0, 0.05) is 12.6 Å². The predicted octanol–water partition coefficient (Wildman–Crippen LogP) is 3.91. The molecule has 2 nitrogen and oxygen atoms in total. The standard InChI is InChI=1S/C18H36N2/c1-4-18-9-11-20(14-16(3)13-19-18)10-8-17-7-5-6-15(2)12-17/h15-19H,4-14H2,1-3H3. The summed E-state index contributed by atoms with van der Waals surface area (Å²) in [6, 6.07) is 0.745. The highest BCUT2D eigenvalue weighted by atomic mass is 15.1. The van der Waals surface area contributed by atoms with E-state index in [-0.39, 0.29) is 0 Å². The van der Waals surface area contributed by atoms with E-state index in [2.05, 4.69) is 31.0 Å². The van der Waals surface area contributed by atoms with Crippen molar-refractivity contribution in [2.75, 3.05) is 26.2 Å². The van der Waals surface area contributed by atoms with Gasteiger partial charge < -0.3 is 10.2 Å². The van der Waals surface area contributed by atoms with Gasteiger partial charge in [-0.25, -0.2) is 0 Å². The summed E-state index contributed by atoms with van der Waals surface area (Å²) in [4.78, 5) is 2.76. The first-order chi connectivity index (χ1) is 9.67. The van der Waals surface area contributed by atoms with Gasteiger partial charge in [0.15, 0.2) is 0 Å². The van der Waals surface area contributed by atoms with Crippen LogP contribution in [0.4, 0.5) is 0 Å². The molecule has 2 aliphatic rings. The summed E-state index contributed by atoms with van der Waals surface area (Å²) < 4.78 is 0. The molecule has 20 heavy (non-hydrogen) atoms. The molecule has 0 aromatic carbocycles. The van der Waals surface area contributed by atoms with Crippen molar-refractivity contribution in [2.45, 2.75) is 71.8 Å². The molecule has 0 bridgehead atoms. The normalized spacial score (nSPS) is 37.4. The molecule has 2 rings (SSSR count). The number of rotatable bonds is 4. The van der Waals surface area contributed by atoms with Gasteiger partial charge in [-0.2, -0.15) is 0 Å². The van der Waals surface area contributed by atoms with Crippen LogP contribution in [0, 0.1) is 17.8 Å². The van der Waals surface area contributed by atoms with Crippen molar-refractivity contribution in [3.63, 3.8) is 0 Å². The van der Waals surface area contributed by atoms with Gasteiger partial charge in [-0.3, -0.25) is 0 Å². The van der Waals surface area contributed by atoms with Crippen LogP contribution >= 0.6 is 0 Å². The molecule has 0 radical (unpaired) electrons. The fraction of sp³-hybridized carbons (Fsp3) is 1.00. The molecule has 0 aromatic rings. The van der Waals surface area contributed by atoms with Crippen molar-refractivity contribution in [1.82, 2.24) is 10.2 Å². The topological polar surface area (TPSA) is 15.3 Å². The molecular formula is C18H36N2. The molecule has 1 saturated heterocycles. The van der Waals surface area contributed by atoms with Crippen LogP contribution in [0.15, 0.2) is 0 Å². The summed E-state index contributed by atoms with van der Waals surface area (Å²) in [5.74, 6) is 2.79. The molecule has 0 amide bonds. The number of hydrogen-bond acceptors (Lipinski definition) is 2. The molecule has 1 aliphatic carbocycles. The lowest BCUT2D eigenvalue weighted by atomic mass is 9.81. The molecule has 1 heterocycles. The first-order valence-electron chi connectivity index (χ1n) is 9.13. The molecule has 2 heteroatoms. The zero-order valence-corrected chi connectivity index (χ0v) is 14.0. The van der Waals surface area contributed by atoms with Crippen LogP contribution in [0.25, 0.3) is 0 Å². The lowest BCUT2D eigenvalue weighted by Crippen LogP contribution is -2.44. The molecule has 0 spiro atoms. The second kappa shape index (κ2) is 8.38. The monoisotopic (exact) mass is 280 g/mol. The third-order valence-corrected chi connectivity index (χ3v) is 5.51. The maximum absolute atomic E-state index is 3.73. The predicted molar refractivity (Wildman–Crippen MR) is 88.0 cm³/mol. The second-order valence-electron chi connectivity index (χ2n) is 7.63. The smallest absolute Gasteiger partial charge is 0.00767 e. The zero-order chi connectivity index (χ0) is 14.4. The van der Waals surface area contributed by atoms with Gasteiger partial charge in [-0.15, -0.1) is 0 Å². The Labute approximate surface area is 126 Å². The Morgan fingerprint density at radius 2 is 1.95 bits per heavy atom. The quantitative estimate of drug-likeness (QED) is 0.840. The summed E-state index contributed by atoms with van der Waals surface area (Å²) >= 11 is 0. The Morgan fingerprint density at radius 3 is 2.70 bits per heavy atom. The van der Waals surface area contributed by atoms with Crippen LogP contribution in [0.3, 0.4) is 0 Å². The lowest BCUT2D eigenvalue weighted by Gasteiger charge is -2.34. The summed E-state index contributed by atoms with van der Waals surface area (Å²) in [7, 11) is 0. The Morgan fingerprint density at radius 1 is 1.10 bits per heavy atom. The largest absolute Gasteiger partial charge is 0.314 e. The third-order valence-electron chi connectivity index (χ3n) is 5.51. The number of nitrogens with zero attached hydrogens (tertiary/aromatic N) is 1. The van der Waals surface area contributed by atoms with Crippen LogP contribution in [-0.4, -0.2) is 37.1 Å². The average molecular weight is 280 g/mol. The first kappa shape index (κ1) is 16.3. The highest BCUT2D eigenvalue weighted by Crippen LogP contribution is 2.30. The molecule has 4 atom stereocenters. The van der Waals surface area contributed by atoms with Crippen LogP contribution < -0.4 is 5.32 Å². The summed E-state index contributed by atoms with van der Waals surface area (Å²) in [5.41, 5.74) is 0. The summed E-state index contributed by atoms with van der Waals surface area (Å²) in [6.45, 7) is 12.3. The molecule has 2 fully saturated rings. The van der Waals surface area contributed by atoms with Crippen LogP contribution in [-0.2, 0) is 0 Å². The van der Waals surface area contributed by atoms with Gasteiger partial charge >= 0.3 is 0 Å². The van der Waals surface area contributed by atoms with E-state index in [1.54, 1.807) is 0 Å². The van der Waals surface area contributed by atoms with Crippen molar-refractivity contribution < 1.29 is 0 Å². The SMILES string of the molecule is CCC1CCN(CCC2CCCC(C)C2)CC(C)CN1. The molecular weight excluding hydrogens is 244 g/mol.